The number of nitrogens with one attached hydrogen (secondary N) is 1. The molecule has 0 unspecified atom stereocenters. The lowest BCUT2D eigenvalue weighted by Gasteiger charge is -1.96. The van der Waals surface area contributed by atoms with Crippen LogP contribution in [-0.2, 0) is 0 Å². The minimum atomic E-state index is -0.228. The van der Waals surface area contributed by atoms with E-state index < -0.39 is 0 Å². The fourth-order valence-corrected chi connectivity index (χ4v) is 1.07. The third-order valence-electron chi connectivity index (χ3n) is 1.92. The first-order valence-corrected chi connectivity index (χ1v) is 4.63. The van der Waals surface area contributed by atoms with E-state index in [1.54, 1.807) is 6.07 Å². The van der Waals surface area contributed by atoms with Crippen molar-refractivity contribution in [3.05, 3.63) is 35.1 Å². The van der Waals surface area contributed by atoms with Gasteiger partial charge in [-0.05, 0) is 31.7 Å². The van der Waals surface area contributed by atoms with Crippen LogP contribution < -0.4 is 5.32 Å². The van der Waals surface area contributed by atoms with Crippen LogP contribution in [0.4, 0.5) is 4.39 Å². The molecule has 0 bridgehead atoms. The largest absolute Gasteiger partial charge is 0.319 e. The van der Waals surface area contributed by atoms with E-state index in [1.807, 2.05) is 14.0 Å². The molecule has 0 heterocycles. The minimum Gasteiger partial charge on any atom is -0.319 e. The van der Waals surface area contributed by atoms with Gasteiger partial charge in [-0.3, -0.25) is 0 Å². The van der Waals surface area contributed by atoms with Crippen molar-refractivity contribution in [1.29, 1.82) is 0 Å². The van der Waals surface area contributed by atoms with E-state index in [4.69, 9.17) is 0 Å². The molecule has 1 aromatic carbocycles. The molecule has 0 aliphatic heterocycles. The predicted molar refractivity (Wildman–Crippen MR) is 56.6 cm³/mol. The molecule has 0 aromatic heterocycles. The number of hydrogen-bond acceptors (Lipinski definition) is 1. The maximum atomic E-state index is 12.8. The van der Waals surface area contributed by atoms with E-state index in [1.165, 1.54) is 12.1 Å². The molecule has 0 atom stereocenters. The highest BCUT2D eigenvalue weighted by molar-refractivity contribution is 5.40. The van der Waals surface area contributed by atoms with Gasteiger partial charge in [0.25, 0.3) is 0 Å². The van der Waals surface area contributed by atoms with Crippen molar-refractivity contribution in [1.82, 2.24) is 5.32 Å². The molecule has 1 N–H and O–H groups in total. The predicted octanol–water partition coefficient (Wildman–Crippen LogP) is 2.10. The van der Waals surface area contributed by atoms with Crippen LogP contribution in [0, 0.1) is 24.6 Å². The second-order valence-electron chi connectivity index (χ2n) is 3.11. The third-order valence-corrected chi connectivity index (χ3v) is 1.92. The molecule has 2 heteroatoms. The lowest BCUT2D eigenvalue weighted by atomic mass is 10.1. The summed E-state index contributed by atoms with van der Waals surface area (Å²) in [5.74, 6) is 5.72. The smallest absolute Gasteiger partial charge is 0.124 e. The molecule has 1 aromatic rings. The van der Waals surface area contributed by atoms with Crippen LogP contribution in [0.25, 0.3) is 0 Å². The molecule has 0 aliphatic rings. The van der Waals surface area contributed by atoms with Gasteiger partial charge in [0, 0.05) is 18.5 Å². The molecular weight excluding hydrogens is 177 g/mol. The molecule has 0 saturated heterocycles. The Balaban J connectivity index is 2.73. The first-order valence-electron chi connectivity index (χ1n) is 4.63. The van der Waals surface area contributed by atoms with Gasteiger partial charge in [-0.25, -0.2) is 4.39 Å². The number of aryl methyl sites for hydroxylation is 1. The molecule has 0 amide bonds. The van der Waals surface area contributed by atoms with Crippen molar-refractivity contribution in [2.45, 2.75) is 13.3 Å². The normalized spacial score (nSPS) is 9.36. The lowest BCUT2D eigenvalue weighted by molar-refractivity contribution is 0.627. The van der Waals surface area contributed by atoms with Crippen molar-refractivity contribution >= 4 is 0 Å². The van der Waals surface area contributed by atoms with Gasteiger partial charge in [0.1, 0.15) is 5.82 Å². The Morgan fingerprint density at radius 3 is 2.93 bits per heavy atom. The van der Waals surface area contributed by atoms with Crippen molar-refractivity contribution in [3.8, 4) is 11.8 Å². The Hall–Kier alpha value is -1.33. The summed E-state index contributed by atoms with van der Waals surface area (Å²) in [6.07, 6.45) is 0.784. The first-order chi connectivity index (χ1) is 6.74. The minimum absolute atomic E-state index is 0.228. The molecule has 74 valence electrons. The van der Waals surface area contributed by atoms with Crippen LogP contribution >= 0.6 is 0 Å². The van der Waals surface area contributed by atoms with Crippen molar-refractivity contribution < 1.29 is 4.39 Å². The van der Waals surface area contributed by atoms with Gasteiger partial charge in [0.2, 0.25) is 0 Å². The van der Waals surface area contributed by atoms with Gasteiger partial charge in [-0.2, -0.15) is 0 Å². The third kappa shape index (κ3) is 3.20. The average Bonchev–Trinajstić information content (AvgIpc) is 2.18. The highest BCUT2D eigenvalue weighted by Gasteiger charge is 1.95. The zero-order valence-electron chi connectivity index (χ0n) is 8.52. The summed E-state index contributed by atoms with van der Waals surface area (Å²) in [4.78, 5) is 0. The van der Waals surface area contributed by atoms with E-state index in [2.05, 4.69) is 17.2 Å². The Morgan fingerprint density at radius 1 is 1.43 bits per heavy atom. The number of hydrogen-bond donors (Lipinski definition) is 1. The molecule has 1 nitrogen and oxygen atoms in total. The molecular formula is C12H14FN. The molecule has 0 fully saturated rings. The second kappa shape index (κ2) is 5.41. The summed E-state index contributed by atoms with van der Waals surface area (Å²) in [6.45, 7) is 2.79. The summed E-state index contributed by atoms with van der Waals surface area (Å²) >= 11 is 0. The van der Waals surface area contributed by atoms with E-state index in [9.17, 15) is 4.39 Å². The van der Waals surface area contributed by atoms with Crippen LogP contribution in [0.1, 0.15) is 17.5 Å². The Morgan fingerprint density at radius 2 is 2.21 bits per heavy atom. The van der Waals surface area contributed by atoms with E-state index >= 15 is 0 Å². The van der Waals surface area contributed by atoms with Crippen LogP contribution in [0.5, 0.6) is 0 Å². The van der Waals surface area contributed by atoms with Gasteiger partial charge in [-0.15, -0.1) is 0 Å². The summed E-state index contributed by atoms with van der Waals surface area (Å²) < 4.78 is 12.8. The highest BCUT2D eigenvalue weighted by Crippen LogP contribution is 2.08. The van der Waals surface area contributed by atoms with Crippen LogP contribution in [0.15, 0.2) is 18.2 Å². The van der Waals surface area contributed by atoms with E-state index in [0.29, 0.717) is 0 Å². The lowest BCUT2D eigenvalue weighted by Crippen LogP contribution is -2.05. The Bertz CT molecular complexity index is 360. The fraction of sp³-hybridized carbons (Fsp3) is 0.333. The molecule has 0 spiro atoms. The molecule has 0 radical (unpaired) electrons. The summed E-state index contributed by atoms with van der Waals surface area (Å²) in [7, 11) is 1.88. The molecule has 0 aliphatic carbocycles. The Kier molecular flexibility index (Phi) is 4.15. The van der Waals surface area contributed by atoms with Crippen LogP contribution in [-0.4, -0.2) is 13.6 Å². The van der Waals surface area contributed by atoms with E-state index in [0.717, 1.165) is 24.1 Å². The first kappa shape index (κ1) is 10.7. The topological polar surface area (TPSA) is 12.0 Å². The fourth-order valence-electron chi connectivity index (χ4n) is 1.07. The zero-order valence-corrected chi connectivity index (χ0v) is 8.52. The molecule has 0 saturated carbocycles. The number of benzene rings is 1. The van der Waals surface area contributed by atoms with Gasteiger partial charge in [-0.1, -0.05) is 17.9 Å². The summed E-state index contributed by atoms with van der Waals surface area (Å²) in [6, 6.07) is 4.67. The monoisotopic (exact) mass is 191 g/mol. The maximum Gasteiger partial charge on any atom is 0.124 e. The van der Waals surface area contributed by atoms with Gasteiger partial charge in [0.15, 0.2) is 0 Å². The maximum absolute atomic E-state index is 12.8. The zero-order chi connectivity index (χ0) is 10.4. The van der Waals surface area contributed by atoms with Crippen molar-refractivity contribution in [3.63, 3.8) is 0 Å². The van der Waals surface area contributed by atoms with Crippen LogP contribution in [0.2, 0.25) is 0 Å². The highest BCUT2D eigenvalue weighted by atomic mass is 19.1. The average molecular weight is 191 g/mol. The molecule has 1 rings (SSSR count). The number of halogens is 1. The Labute approximate surface area is 84.3 Å². The standard InChI is InChI=1S/C12H14FN/c1-10-6-7-12(13)9-11(10)5-3-4-8-14-2/h6-7,9,14H,4,8H2,1-2H3. The van der Waals surface area contributed by atoms with Gasteiger partial charge < -0.3 is 5.32 Å². The van der Waals surface area contributed by atoms with Crippen LogP contribution in [0.3, 0.4) is 0 Å². The van der Waals surface area contributed by atoms with Crippen molar-refractivity contribution in [2.75, 3.05) is 13.6 Å². The second-order valence-corrected chi connectivity index (χ2v) is 3.11. The quantitative estimate of drug-likeness (QED) is 0.557. The SMILES string of the molecule is CNCCC#Cc1cc(F)ccc1C. The number of rotatable bonds is 2. The molecule has 14 heavy (non-hydrogen) atoms. The van der Waals surface area contributed by atoms with E-state index in [-0.39, 0.29) is 5.82 Å². The van der Waals surface area contributed by atoms with Gasteiger partial charge in [0.05, 0.1) is 0 Å². The van der Waals surface area contributed by atoms with Crippen molar-refractivity contribution in [2.24, 2.45) is 0 Å². The van der Waals surface area contributed by atoms with Gasteiger partial charge >= 0.3 is 0 Å². The summed E-state index contributed by atoms with van der Waals surface area (Å²) in [5, 5.41) is 3.00. The summed E-state index contributed by atoms with van der Waals surface area (Å²) in [5.41, 5.74) is 1.80.